The number of hydrogen-bond acceptors (Lipinski definition) is 5. The number of anilines is 1. The van der Waals surface area contributed by atoms with Crippen LogP contribution < -0.4 is 4.90 Å². The summed E-state index contributed by atoms with van der Waals surface area (Å²) in [5.74, 6) is 1.76. The molecule has 3 rings (SSSR count). The lowest BCUT2D eigenvalue weighted by atomic mass is 10.1. The van der Waals surface area contributed by atoms with Crippen molar-refractivity contribution in [2.45, 2.75) is 6.42 Å². The van der Waals surface area contributed by atoms with Gasteiger partial charge in [-0.2, -0.15) is 17.7 Å². The van der Waals surface area contributed by atoms with Crippen LogP contribution in [-0.2, 0) is 11.8 Å². The fourth-order valence-corrected chi connectivity index (χ4v) is 2.52. The van der Waals surface area contributed by atoms with E-state index in [4.69, 9.17) is 0 Å². The van der Waals surface area contributed by atoms with Crippen LogP contribution in [0.4, 0.5) is 5.82 Å². The number of carbonyl (C=O) groups excluding carboxylic acids is 1. The maximum atomic E-state index is 12.0. The zero-order valence-corrected chi connectivity index (χ0v) is 10.8. The molecular weight excluding hydrogens is 250 g/mol. The fourth-order valence-electron chi connectivity index (χ4n) is 2.27. The van der Waals surface area contributed by atoms with E-state index in [9.17, 15) is 4.79 Å². The van der Waals surface area contributed by atoms with Gasteiger partial charge in [0.15, 0.2) is 5.65 Å². The third-order valence-corrected chi connectivity index (χ3v) is 3.74. The molecule has 94 valence electrons. The van der Waals surface area contributed by atoms with Crippen molar-refractivity contribution in [2.75, 3.05) is 17.2 Å². The molecule has 2 aromatic heterocycles. The maximum absolute atomic E-state index is 12.0. The van der Waals surface area contributed by atoms with E-state index in [1.165, 1.54) is 6.33 Å². The summed E-state index contributed by atoms with van der Waals surface area (Å²) in [5.41, 5.74) is 0.738. The first kappa shape index (κ1) is 11.5. The molecule has 0 bridgehead atoms. The zero-order chi connectivity index (χ0) is 12.7. The molecule has 0 saturated carbocycles. The number of aryl methyl sites for hydroxylation is 1. The predicted molar refractivity (Wildman–Crippen MR) is 70.6 cm³/mol. The van der Waals surface area contributed by atoms with Crippen LogP contribution in [0.2, 0.25) is 0 Å². The summed E-state index contributed by atoms with van der Waals surface area (Å²) in [6, 6.07) is 0. The second-order valence-corrected chi connectivity index (χ2v) is 4.82. The molecule has 7 heteroatoms. The molecule has 1 amide bonds. The molecule has 3 heterocycles. The Kier molecular flexibility index (Phi) is 2.70. The molecule has 0 radical (unpaired) electrons. The summed E-state index contributed by atoms with van der Waals surface area (Å²) >= 11 is 4.26. The number of thiol groups is 1. The number of amides is 1. The molecular formula is C11H13N5OS. The zero-order valence-electron chi connectivity index (χ0n) is 9.94. The van der Waals surface area contributed by atoms with Crippen LogP contribution in [0.25, 0.3) is 11.0 Å². The molecule has 1 aliphatic heterocycles. The van der Waals surface area contributed by atoms with Gasteiger partial charge in [0, 0.05) is 20.0 Å². The van der Waals surface area contributed by atoms with Crippen LogP contribution in [0.5, 0.6) is 0 Å². The molecule has 6 nitrogen and oxygen atoms in total. The molecule has 1 unspecified atom stereocenters. The van der Waals surface area contributed by atoms with Gasteiger partial charge in [0.05, 0.1) is 11.6 Å². The molecule has 0 aliphatic carbocycles. The summed E-state index contributed by atoms with van der Waals surface area (Å²) in [4.78, 5) is 22.1. The molecule has 1 atom stereocenters. The smallest absolute Gasteiger partial charge is 0.228 e. The summed E-state index contributed by atoms with van der Waals surface area (Å²) in [6.45, 7) is 0.670. The Hall–Kier alpha value is -1.63. The van der Waals surface area contributed by atoms with Crippen LogP contribution in [0.3, 0.4) is 0 Å². The van der Waals surface area contributed by atoms with Crippen molar-refractivity contribution in [1.29, 1.82) is 0 Å². The molecule has 1 saturated heterocycles. The first-order chi connectivity index (χ1) is 8.70. The lowest BCUT2D eigenvalue weighted by Gasteiger charge is -2.15. The minimum atomic E-state index is 0.0953. The van der Waals surface area contributed by atoms with Gasteiger partial charge in [-0.25, -0.2) is 9.97 Å². The van der Waals surface area contributed by atoms with Crippen molar-refractivity contribution >= 4 is 35.4 Å². The Labute approximate surface area is 109 Å². The second-order valence-electron chi connectivity index (χ2n) is 4.46. The molecule has 0 aromatic carbocycles. The highest BCUT2D eigenvalue weighted by Gasteiger charge is 2.31. The average Bonchev–Trinajstić information content (AvgIpc) is 2.93. The second kappa shape index (κ2) is 4.24. The number of nitrogens with zero attached hydrogens (tertiary/aromatic N) is 5. The Balaban J connectivity index is 2.07. The van der Waals surface area contributed by atoms with Gasteiger partial charge < -0.3 is 0 Å². The molecule has 1 fully saturated rings. The molecule has 2 aromatic rings. The van der Waals surface area contributed by atoms with E-state index in [-0.39, 0.29) is 5.91 Å². The first-order valence-electron chi connectivity index (χ1n) is 5.74. The van der Waals surface area contributed by atoms with Crippen molar-refractivity contribution in [2.24, 2.45) is 13.0 Å². The Bertz CT molecular complexity index is 610. The Morgan fingerprint density at radius 1 is 1.50 bits per heavy atom. The first-order valence-corrected chi connectivity index (χ1v) is 6.38. The SMILES string of the molecule is Cn1ncc2c(N3CC(CS)CC3=O)ncnc21. The van der Waals surface area contributed by atoms with Gasteiger partial charge in [-0.05, 0) is 11.7 Å². The highest BCUT2D eigenvalue weighted by atomic mass is 32.1. The average molecular weight is 263 g/mol. The van der Waals surface area contributed by atoms with Gasteiger partial charge in [-0.3, -0.25) is 14.4 Å². The lowest BCUT2D eigenvalue weighted by Crippen LogP contribution is -2.26. The van der Waals surface area contributed by atoms with Gasteiger partial charge in [0.25, 0.3) is 0 Å². The normalized spacial score (nSPS) is 20.0. The lowest BCUT2D eigenvalue weighted by molar-refractivity contribution is -0.117. The highest BCUT2D eigenvalue weighted by Crippen LogP contribution is 2.28. The quantitative estimate of drug-likeness (QED) is 0.808. The van der Waals surface area contributed by atoms with E-state index in [0.717, 1.165) is 11.0 Å². The summed E-state index contributed by atoms with van der Waals surface area (Å²) < 4.78 is 1.68. The molecule has 18 heavy (non-hydrogen) atoms. The number of fused-ring (bicyclic) bond motifs is 1. The van der Waals surface area contributed by atoms with Crippen molar-refractivity contribution in [3.63, 3.8) is 0 Å². The standard InChI is InChI=1S/C11H13N5OS/c1-15-10-8(3-14-15)11(13-6-12-10)16-4-7(5-18)2-9(16)17/h3,6-7,18H,2,4-5H2,1H3. The van der Waals surface area contributed by atoms with Crippen molar-refractivity contribution in [1.82, 2.24) is 19.7 Å². The molecule has 1 aliphatic rings. The Morgan fingerprint density at radius 3 is 3.06 bits per heavy atom. The summed E-state index contributed by atoms with van der Waals surface area (Å²) in [6.07, 6.45) is 3.71. The number of rotatable bonds is 2. The van der Waals surface area contributed by atoms with Crippen molar-refractivity contribution in [3.8, 4) is 0 Å². The summed E-state index contributed by atoms with van der Waals surface area (Å²) in [5, 5.41) is 4.97. The van der Waals surface area contributed by atoms with E-state index in [2.05, 4.69) is 27.7 Å². The molecule has 0 spiro atoms. The van der Waals surface area contributed by atoms with Crippen LogP contribution in [0, 0.1) is 5.92 Å². The van der Waals surface area contributed by atoms with Crippen molar-refractivity contribution in [3.05, 3.63) is 12.5 Å². The van der Waals surface area contributed by atoms with Crippen molar-refractivity contribution < 1.29 is 4.79 Å². The predicted octanol–water partition coefficient (Wildman–Crippen LogP) is 0.646. The largest absolute Gasteiger partial charge is 0.296 e. The molecule has 0 N–H and O–H groups in total. The number of aromatic nitrogens is 4. The minimum absolute atomic E-state index is 0.0953. The van der Waals surface area contributed by atoms with Gasteiger partial charge in [0.1, 0.15) is 12.1 Å². The minimum Gasteiger partial charge on any atom is -0.296 e. The fraction of sp³-hybridized carbons (Fsp3) is 0.455. The van der Waals surface area contributed by atoms with E-state index in [1.54, 1.807) is 15.8 Å². The monoisotopic (exact) mass is 263 g/mol. The van der Waals surface area contributed by atoms with Crippen LogP contribution >= 0.6 is 12.6 Å². The Morgan fingerprint density at radius 2 is 2.33 bits per heavy atom. The third-order valence-electron chi connectivity index (χ3n) is 3.23. The van der Waals surface area contributed by atoms with Gasteiger partial charge in [0.2, 0.25) is 5.91 Å². The van der Waals surface area contributed by atoms with E-state index in [1.807, 2.05) is 7.05 Å². The summed E-state index contributed by atoms with van der Waals surface area (Å²) in [7, 11) is 1.82. The van der Waals surface area contributed by atoms with Gasteiger partial charge >= 0.3 is 0 Å². The van der Waals surface area contributed by atoms with Crippen LogP contribution in [0.15, 0.2) is 12.5 Å². The topological polar surface area (TPSA) is 63.9 Å². The van der Waals surface area contributed by atoms with Crippen LogP contribution in [-0.4, -0.2) is 38.0 Å². The van der Waals surface area contributed by atoms with E-state index in [0.29, 0.717) is 30.5 Å². The van der Waals surface area contributed by atoms with Crippen LogP contribution in [0.1, 0.15) is 6.42 Å². The third kappa shape index (κ3) is 1.66. The number of hydrogen-bond donors (Lipinski definition) is 1. The van der Waals surface area contributed by atoms with E-state index < -0.39 is 0 Å². The highest BCUT2D eigenvalue weighted by molar-refractivity contribution is 7.80. The van der Waals surface area contributed by atoms with Gasteiger partial charge in [-0.15, -0.1) is 0 Å². The number of carbonyl (C=O) groups is 1. The van der Waals surface area contributed by atoms with E-state index >= 15 is 0 Å². The maximum Gasteiger partial charge on any atom is 0.228 e. The van der Waals surface area contributed by atoms with Gasteiger partial charge in [-0.1, -0.05) is 0 Å².